The summed E-state index contributed by atoms with van der Waals surface area (Å²) in [6.45, 7) is 6.94. The van der Waals surface area contributed by atoms with Gasteiger partial charge in [-0.3, -0.25) is 0 Å². The van der Waals surface area contributed by atoms with Crippen molar-refractivity contribution in [3.05, 3.63) is 35.8 Å². The summed E-state index contributed by atoms with van der Waals surface area (Å²) in [5, 5.41) is 12.0. The molecule has 1 rings (SSSR count). The Balaban J connectivity index is 2.31. The van der Waals surface area contributed by atoms with E-state index in [1.54, 1.807) is 24.8 Å². The van der Waals surface area contributed by atoms with Crippen LogP contribution >= 0.6 is 11.8 Å². The van der Waals surface area contributed by atoms with E-state index in [-0.39, 0.29) is 5.76 Å². The van der Waals surface area contributed by atoms with E-state index in [1.165, 1.54) is 0 Å². The summed E-state index contributed by atoms with van der Waals surface area (Å²) in [4.78, 5) is 10.7. The maximum atomic E-state index is 10.7. The van der Waals surface area contributed by atoms with Crippen LogP contribution in [0.15, 0.2) is 23.1 Å². The summed E-state index contributed by atoms with van der Waals surface area (Å²) >= 11 is 1.80. The molecule has 17 heavy (non-hydrogen) atoms. The van der Waals surface area contributed by atoms with Gasteiger partial charge in [0.25, 0.3) is 0 Å². The molecule has 5 heteroatoms. The zero-order valence-corrected chi connectivity index (χ0v) is 10.7. The second kappa shape index (κ2) is 7.19. The van der Waals surface area contributed by atoms with Crippen LogP contribution in [0.1, 0.15) is 21.9 Å². The Labute approximate surface area is 105 Å². The van der Waals surface area contributed by atoms with Gasteiger partial charge >= 0.3 is 5.97 Å². The van der Waals surface area contributed by atoms with E-state index < -0.39 is 5.97 Å². The fraction of sp³-hybridized carbons (Fsp3) is 0.417. The smallest absolute Gasteiger partial charge is 0.371 e. The number of furan rings is 1. The Kier molecular flexibility index (Phi) is 5.86. The second-order valence-electron chi connectivity index (χ2n) is 3.54. The van der Waals surface area contributed by atoms with Crippen molar-refractivity contribution in [2.45, 2.75) is 13.5 Å². The number of hydrogen-bond donors (Lipinski definition) is 2. The van der Waals surface area contributed by atoms with Crippen LogP contribution in [0, 0.1) is 6.92 Å². The Morgan fingerprint density at radius 3 is 3.06 bits per heavy atom. The van der Waals surface area contributed by atoms with Crippen molar-refractivity contribution in [2.75, 3.05) is 18.1 Å². The molecular formula is C12H17NO3S. The molecule has 0 radical (unpaired) electrons. The number of rotatable bonds is 8. The second-order valence-corrected chi connectivity index (χ2v) is 4.69. The minimum atomic E-state index is -1.03. The first-order valence-corrected chi connectivity index (χ1v) is 6.52. The summed E-state index contributed by atoms with van der Waals surface area (Å²) < 4.78 is 5.11. The van der Waals surface area contributed by atoms with E-state index in [9.17, 15) is 4.79 Å². The molecule has 0 atom stereocenters. The van der Waals surface area contributed by atoms with Crippen molar-refractivity contribution in [1.82, 2.24) is 5.32 Å². The van der Waals surface area contributed by atoms with Gasteiger partial charge in [0.05, 0.1) is 0 Å². The molecular weight excluding hydrogens is 238 g/mol. The predicted octanol–water partition coefficient (Wildman–Crippen LogP) is 2.30. The lowest BCUT2D eigenvalue weighted by molar-refractivity contribution is 0.0661. The number of aromatic carboxylic acids is 1. The lowest BCUT2D eigenvalue weighted by atomic mass is 10.2. The monoisotopic (exact) mass is 255 g/mol. The van der Waals surface area contributed by atoms with Crippen LogP contribution in [0.3, 0.4) is 0 Å². The van der Waals surface area contributed by atoms with Gasteiger partial charge in [0.1, 0.15) is 5.76 Å². The van der Waals surface area contributed by atoms with E-state index >= 15 is 0 Å². The third kappa shape index (κ3) is 4.66. The van der Waals surface area contributed by atoms with Crippen LogP contribution in [0.25, 0.3) is 0 Å². The molecule has 0 spiro atoms. The topological polar surface area (TPSA) is 62.5 Å². The van der Waals surface area contributed by atoms with Gasteiger partial charge in [-0.1, -0.05) is 6.08 Å². The van der Waals surface area contributed by atoms with Crippen molar-refractivity contribution < 1.29 is 14.3 Å². The molecule has 0 bridgehead atoms. The zero-order valence-electron chi connectivity index (χ0n) is 9.86. The number of aryl methyl sites for hydroxylation is 1. The molecule has 0 saturated carbocycles. The third-order valence-corrected chi connectivity index (χ3v) is 3.17. The van der Waals surface area contributed by atoms with Gasteiger partial charge in [0, 0.05) is 30.2 Å². The van der Waals surface area contributed by atoms with Crippen LogP contribution in [-0.4, -0.2) is 29.1 Å². The van der Waals surface area contributed by atoms with Gasteiger partial charge in [-0.25, -0.2) is 4.79 Å². The van der Waals surface area contributed by atoms with Crippen molar-refractivity contribution in [3.8, 4) is 0 Å². The molecule has 4 nitrogen and oxygen atoms in total. The molecule has 2 N–H and O–H groups in total. The normalized spacial score (nSPS) is 10.4. The molecule has 0 aliphatic rings. The molecule has 0 saturated heterocycles. The number of carboxylic acids is 1. The highest BCUT2D eigenvalue weighted by Gasteiger charge is 2.12. The summed E-state index contributed by atoms with van der Waals surface area (Å²) in [7, 11) is 0. The fourth-order valence-electron chi connectivity index (χ4n) is 1.33. The first-order valence-electron chi connectivity index (χ1n) is 5.37. The number of hydrogen-bond acceptors (Lipinski definition) is 4. The van der Waals surface area contributed by atoms with Crippen molar-refractivity contribution in [2.24, 2.45) is 0 Å². The Bertz CT molecular complexity index is 387. The molecule has 0 amide bonds. The van der Waals surface area contributed by atoms with E-state index in [1.807, 2.05) is 6.08 Å². The van der Waals surface area contributed by atoms with Crippen molar-refractivity contribution >= 4 is 17.7 Å². The van der Waals surface area contributed by atoms with Crippen LogP contribution in [-0.2, 0) is 6.54 Å². The number of carboxylic acid groups (broad SMARTS) is 1. The Morgan fingerprint density at radius 1 is 1.71 bits per heavy atom. The SMILES string of the molecule is C=CCSCCNCc1cc(C(=O)O)oc1C. The Morgan fingerprint density at radius 2 is 2.47 bits per heavy atom. The van der Waals surface area contributed by atoms with Crippen molar-refractivity contribution in [1.29, 1.82) is 0 Å². The van der Waals surface area contributed by atoms with Gasteiger partial charge in [0.2, 0.25) is 5.76 Å². The van der Waals surface area contributed by atoms with Crippen LogP contribution in [0.5, 0.6) is 0 Å². The highest BCUT2D eigenvalue weighted by molar-refractivity contribution is 7.99. The van der Waals surface area contributed by atoms with Gasteiger partial charge in [0.15, 0.2) is 0 Å². The van der Waals surface area contributed by atoms with Crippen LogP contribution < -0.4 is 5.32 Å². The van der Waals surface area contributed by atoms with E-state index in [0.29, 0.717) is 12.3 Å². The molecule has 0 fully saturated rings. The standard InChI is InChI=1S/C12H17NO3S/c1-3-5-17-6-4-13-8-10-7-11(12(14)15)16-9(10)2/h3,7,13H,1,4-6,8H2,2H3,(H,14,15). The zero-order chi connectivity index (χ0) is 12.7. The van der Waals surface area contributed by atoms with Crippen LogP contribution in [0.2, 0.25) is 0 Å². The summed E-state index contributed by atoms with van der Waals surface area (Å²) in [6, 6.07) is 1.57. The fourth-order valence-corrected chi connectivity index (χ4v) is 1.96. The maximum absolute atomic E-state index is 10.7. The molecule has 1 heterocycles. The van der Waals surface area contributed by atoms with Gasteiger partial charge in [-0.15, -0.1) is 6.58 Å². The summed E-state index contributed by atoms with van der Waals surface area (Å²) in [5.74, 6) is 1.60. The predicted molar refractivity (Wildman–Crippen MR) is 69.6 cm³/mol. The maximum Gasteiger partial charge on any atom is 0.371 e. The first-order chi connectivity index (χ1) is 8.15. The van der Waals surface area contributed by atoms with Gasteiger partial charge in [-0.2, -0.15) is 11.8 Å². The lowest BCUT2D eigenvalue weighted by Gasteiger charge is -2.02. The minimum Gasteiger partial charge on any atom is -0.475 e. The molecule has 0 unspecified atom stereocenters. The lowest BCUT2D eigenvalue weighted by Crippen LogP contribution is -2.16. The first kappa shape index (κ1) is 13.9. The molecule has 0 aliphatic carbocycles. The molecule has 0 aliphatic heterocycles. The highest BCUT2D eigenvalue weighted by atomic mass is 32.2. The average molecular weight is 255 g/mol. The number of nitrogens with one attached hydrogen (secondary N) is 1. The van der Waals surface area contributed by atoms with Gasteiger partial charge in [-0.05, 0) is 13.0 Å². The highest BCUT2D eigenvalue weighted by Crippen LogP contribution is 2.14. The van der Waals surface area contributed by atoms with Gasteiger partial charge < -0.3 is 14.8 Å². The largest absolute Gasteiger partial charge is 0.475 e. The molecule has 0 aromatic carbocycles. The molecule has 1 aromatic heterocycles. The summed E-state index contributed by atoms with van der Waals surface area (Å²) in [5.41, 5.74) is 0.899. The average Bonchev–Trinajstić information content (AvgIpc) is 2.65. The van der Waals surface area contributed by atoms with E-state index in [4.69, 9.17) is 9.52 Å². The van der Waals surface area contributed by atoms with E-state index in [0.717, 1.165) is 23.6 Å². The molecule has 1 aromatic rings. The molecule has 94 valence electrons. The van der Waals surface area contributed by atoms with Crippen molar-refractivity contribution in [3.63, 3.8) is 0 Å². The summed E-state index contributed by atoms with van der Waals surface area (Å²) in [6.07, 6.45) is 1.88. The van der Waals surface area contributed by atoms with E-state index in [2.05, 4.69) is 11.9 Å². The minimum absolute atomic E-state index is 0.000308. The number of thioether (sulfide) groups is 1. The van der Waals surface area contributed by atoms with Crippen LogP contribution in [0.4, 0.5) is 0 Å². The number of carbonyl (C=O) groups is 1. The Hall–Kier alpha value is -1.20. The quantitative estimate of drug-likeness (QED) is 0.551. The third-order valence-electron chi connectivity index (χ3n) is 2.21.